The van der Waals surface area contributed by atoms with E-state index in [0.29, 0.717) is 0 Å². The van der Waals surface area contributed by atoms with Crippen molar-refractivity contribution in [2.45, 2.75) is 32.9 Å². The first-order chi connectivity index (χ1) is 7.24. The molecule has 0 amide bonds. The van der Waals surface area contributed by atoms with E-state index in [-0.39, 0.29) is 0 Å². The van der Waals surface area contributed by atoms with E-state index in [1.807, 2.05) is 6.26 Å². The lowest BCUT2D eigenvalue weighted by molar-refractivity contribution is 0.505. The van der Waals surface area contributed by atoms with Gasteiger partial charge < -0.3 is 4.43 Å². The van der Waals surface area contributed by atoms with Crippen LogP contribution in [0.25, 0.3) is 6.08 Å². The van der Waals surface area contributed by atoms with E-state index < -0.39 is 9.04 Å². The van der Waals surface area contributed by atoms with Crippen LogP contribution in [-0.4, -0.2) is 9.04 Å². The molecular weight excluding hydrogens is 200 g/mol. The van der Waals surface area contributed by atoms with Crippen molar-refractivity contribution < 1.29 is 4.43 Å². The van der Waals surface area contributed by atoms with Gasteiger partial charge in [-0.15, -0.1) is 0 Å². The molecule has 15 heavy (non-hydrogen) atoms. The van der Waals surface area contributed by atoms with Gasteiger partial charge in [-0.1, -0.05) is 37.6 Å². The smallest absolute Gasteiger partial charge is 0.228 e. The summed E-state index contributed by atoms with van der Waals surface area (Å²) in [7, 11) is -0.930. The van der Waals surface area contributed by atoms with Crippen LogP contribution < -0.4 is 0 Å². The fourth-order valence-corrected chi connectivity index (χ4v) is 1.86. The topological polar surface area (TPSA) is 9.23 Å². The Bertz CT molecular complexity index is 318. The fraction of sp³-hybridized carbons (Fsp3) is 0.385. The molecule has 0 aromatic heterocycles. The molecule has 0 spiro atoms. The van der Waals surface area contributed by atoms with Gasteiger partial charge in [0, 0.05) is 0 Å². The lowest BCUT2D eigenvalue weighted by Crippen LogP contribution is -2.01. The van der Waals surface area contributed by atoms with Gasteiger partial charge in [-0.3, -0.25) is 0 Å². The van der Waals surface area contributed by atoms with Crippen molar-refractivity contribution in [1.29, 1.82) is 0 Å². The van der Waals surface area contributed by atoms with Gasteiger partial charge in [0.05, 0.1) is 6.26 Å². The van der Waals surface area contributed by atoms with Crippen molar-refractivity contribution in [2.75, 3.05) is 0 Å². The van der Waals surface area contributed by atoms with Crippen molar-refractivity contribution in [3.63, 3.8) is 0 Å². The predicted octanol–water partition coefficient (Wildman–Crippen LogP) is 3.61. The van der Waals surface area contributed by atoms with Crippen LogP contribution in [0.1, 0.15) is 24.5 Å². The van der Waals surface area contributed by atoms with Crippen molar-refractivity contribution in [3.8, 4) is 0 Å². The lowest BCUT2D eigenvalue weighted by Gasteiger charge is -2.05. The Morgan fingerprint density at radius 1 is 1.27 bits per heavy atom. The summed E-state index contributed by atoms with van der Waals surface area (Å²) in [6.07, 6.45) is 6.26. The molecule has 0 aliphatic rings. The largest absolute Gasteiger partial charge is 0.552 e. The molecule has 0 radical (unpaired) electrons. The molecule has 0 heterocycles. The van der Waals surface area contributed by atoms with Gasteiger partial charge in [-0.2, -0.15) is 0 Å². The van der Waals surface area contributed by atoms with Crippen LogP contribution in [0.2, 0.25) is 13.1 Å². The summed E-state index contributed by atoms with van der Waals surface area (Å²) in [5.74, 6) is 0. The van der Waals surface area contributed by atoms with Gasteiger partial charge in [0.15, 0.2) is 0 Å². The van der Waals surface area contributed by atoms with E-state index in [2.05, 4.69) is 50.4 Å². The van der Waals surface area contributed by atoms with Crippen LogP contribution in [0, 0.1) is 0 Å². The number of aryl methyl sites for hydroxylation is 1. The standard InChI is InChI=1S/C13H20OSi/c1-4-7-12-8-5-6-9-13(12)10-11-14-15(2)3/h5-6,8-11,15H,4,7H2,1-3H3. The lowest BCUT2D eigenvalue weighted by atomic mass is 10.0. The third kappa shape index (κ3) is 4.34. The maximum Gasteiger partial charge on any atom is 0.228 e. The highest BCUT2D eigenvalue weighted by molar-refractivity contribution is 6.48. The zero-order valence-electron chi connectivity index (χ0n) is 9.86. The maximum absolute atomic E-state index is 5.54. The van der Waals surface area contributed by atoms with Crippen molar-refractivity contribution in [2.24, 2.45) is 0 Å². The molecule has 0 N–H and O–H groups in total. The molecule has 0 aliphatic heterocycles. The highest BCUT2D eigenvalue weighted by atomic mass is 28.3. The molecule has 1 rings (SSSR count). The van der Waals surface area contributed by atoms with E-state index in [1.54, 1.807) is 0 Å². The van der Waals surface area contributed by atoms with Gasteiger partial charge in [-0.25, -0.2) is 0 Å². The normalized spacial score (nSPS) is 11.2. The van der Waals surface area contributed by atoms with E-state index in [0.717, 1.165) is 6.42 Å². The molecule has 0 saturated carbocycles. The van der Waals surface area contributed by atoms with Crippen LogP contribution in [0.4, 0.5) is 0 Å². The fourth-order valence-electron chi connectivity index (χ4n) is 1.46. The Labute approximate surface area is 94.5 Å². The van der Waals surface area contributed by atoms with Gasteiger partial charge >= 0.3 is 0 Å². The molecule has 0 saturated heterocycles. The summed E-state index contributed by atoms with van der Waals surface area (Å²) in [5.41, 5.74) is 2.69. The van der Waals surface area contributed by atoms with Gasteiger partial charge in [-0.05, 0) is 36.7 Å². The molecular formula is C13H20OSi. The van der Waals surface area contributed by atoms with Gasteiger partial charge in [0.2, 0.25) is 9.04 Å². The zero-order valence-corrected chi connectivity index (χ0v) is 11.0. The number of rotatable bonds is 5. The average Bonchev–Trinajstić information content (AvgIpc) is 2.20. The van der Waals surface area contributed by atoms with Crippen LogP contribution in [0.3, 0.4) is 0 Å². The minimum Gasteiger partial charge on any atom is -0.552 e. The van der Waals surface area contributed by atoms with Crippen molar-refractivity contribution >= 4 is 15.1 Å². The van der Waals surface area contributed by atoms with Crippen LogP contribution in [0.5, 0.6) is 0 Å². The quantitative estimate of drug-likeness (QED) is 0.544. The second-order valence-electron chi connectivity index (χ2n) is 3.94. The number of hydrogen-bond donors (Lipinski definition) is 0. The average molecular weight is 220 g/mol. The highest BCUT2D eigenvalue weighted by Gasteiger charge is 1.97. The Morgan fingerprint density at radius 2 is 2.00 bits per heavy atom. The van der Waals surface area contributed by atoms with Crippen LogP contribution in [-0.2, 0) is 10.8 Å². The minimum atomic E-state index is -0.930. The van der Waals surface area contributed by atoms with E-state index in [9.17, 15) is 0 Å². The van der Waals surface area contributed by atoms with Crippen LogP contribution >= 0.6 is 0 Å². The Hall–Kier alpha value is -1.02. The van der Waals surface area contributed by atoms with E-state index in [4.69, 9.17) is 4.43 Å². The van der Waals surface area contributed by atoms with Crippen molar-refractivity contribution in [1.82, 2.24) is 0 Å². The summed E-state index contributed by atoms with van der Waals surface area (Å²) >= 11 is 0. The third-order valence-corrected chi connectivity index (χ3v) is 2.87. The summed E-state index contributed by atoms with van der Waals surface area (Å²) < 4.78 is 5.54. The summed E-state index contributed by atoms with van der Waals surface area (Å²) in [6.45, 7) is 6.54. The minimum absolute atomic E-state index is 0.930. The Balaban J connectivity index is 2.70. The molecule has 0 unspecified atom stereocenters. The van der Waals surface area contributed by atoms with E-state index >= 15 is 0 Å². The SMILES string of the molecule is CCCc1ccccc1C=CO[SiH](C)C. The Kier molecular flexibility index (Phi) is 5.19. The first-order valence-corrected chi connectivity index (χ1v) is 8.42. The molecule has 82 valence electrons. The molecule has 0 aliphatic carbocycles. The maximum atomic E-state index is 5.54. The first-order valence-electron chi connectivity index (χ1n) is 5.64. The molecule has 0 bridgehead atoms. The molecule has 1 aromatic rings. The molecule has 2 heteroatoms. The molecule has 0 fully saturated rings. The summed E-state index contributed by atoms with van der Waals surface area (Å²) in [5, 5.41) is 0. The second-order valence-corrected chi connectivity index (χ2v) is 6.31. The number of hydrogen-bond acceptors (Lipinski definition) is 1. The zero-order chi connectivity index (χ0) is 11.1. The Morgan fingerprint density at radius 3 is 2.67 bits per heavy atom. The van der Waals surface area contributed by atoms with Crippen molar-refractivity contribution in [3.05, 3.63) is 41.7 Å². The second kappa shape index (κ2) is 6.46. The third-order valence-electron chi connectivity index (χ3n) is 2.17. The molecule has 1 nitrogen and oxygen atoms in total. The molecule has 1 aromatic carbocycles. The van der Waals surface area contributed by atoms with E-state index in [1.165, 1.54) is 17.5 Å². The summed E-state index contributed by atoms with van der Waals surface area (Å²) in [6, 6.07) is 8.51. The monoisotopic (exact) mass is 220 g/mol. The number of benzene rings is 1. The van der Waals surface area contributed by atoms with Crippen LogP contribution in [0.15, 0.2) is 30.5 Å². The highest BCUT2D eigenvalue weighted by Crippen LogP contribution is 2.12. The van der Waals surface area contributed by atoms with Gasteiger partial charge in [0.1, 0.15) is 0 Å². The van der Waals surface area contributed by atoms with Gasteiger partial charge in [0.25, 0.3) is 0 Å². The molecule has 0 atom stereocenters. The predicted molar refractivity (Wildman–Crippen MR) is 69.4 cm³/mol. The summed E-state index contributed by atoms with van der Waals surface area (Å²) in [4.78, 5) is 0. The first kappa shape index (κ1) is 12.0.